The molecule has 0 aliphatic carbocycles. The van der Waals surface area contributed by atoms with E-state index in [2.05, 4.69) is 12.2 Å². The van der Waals surface area contributed by atoms with Gasteiger partial charge < -0.3 is 10.1 Å². The smallest absolute Gasteiger partial charge is 0.217 e. The summed E-state index contributed by atoms with van der Waals surface area (Å²) in [6.45, 7) is 5.04. The van der Waals surface area contributed by atoms with Gasteiger partial charge in [-0.25, -0.2) is 0 Å². The van der Waals surface area contributed by atoms with Gasteiger partial charge in [-0.3, -0.25) is 4.79 Å². The number of carbonyl (C=O) groups is 1. The number of amides is 1. The van der Waals surface area contributed by atoms with Crippen LogP contribution >= 0.6 is 0 Å². The van der Waals surface area contributed by atoms with Gasteiger partial charge in [-0.2, -0.15) is 0 Å². The monoisotopic (exact) mass is 261 g/mol. The van der Waals surface area contributed by atoms with Crippen molar-refractivity contribution in [3.05, 3.63) is 35.9 Å². The Hall–Kier alpha value is -1.77. The highest BCUT2D eigenvalue weighted by Crippen LogP contribution is 2.13. The summed E-state index contributed by atoms with van der Waals surface area (Å²) in [5, 5.41) is 2.72. The normalized spacial score (nSPS) is 10.6. The van der Waals surface area contributed by atoms with Crippen LogP contribution in [0.1, 0.15) is 38.7 Å². The highest BCUT2D eigenvalue weighted by molar-refractivity contribution is 5.73. The van der Waals surface area contributed by atoms with E-state index in [1.807, 2.05) is 36.4 Å². The Morgan fingerprint density at radius 3 is 2.63 bits per heavy atom. The summed E-state index contributed by atoms with van der Waals surface area (Å²) < 4.78 is 5.64. The third-order valence-corrected chi connectivity index (χ3v) is 2.68. The third-order valence-electron chi connectivity index (χ3n) is 2.68. The number of hydrogen-bond donors (Lipinski definition) is 1. The van der Waals surface area contributed by atoms with E-state index in [1.165, 1.54) is 19.8 Å². The molecule has 0 aliphatic heterocycles. The fourth-order valence-electron chi connectivity index (χ4n) is 1.61. The van der Waals surface area contributed by atoms with E-state index in [0.717, 1.165) is 24.3 Å². The summed E-state index contributed by atoms with van der Waals surface area (Å²) in [4.78, 5) is 10.7. The Morgan fingerprint density at radius 2 is 2.00 bits per heavy atom. The maximum atomic E-state index is 10.7. The van der Waals surface area contributed by atoms with Gasteiger partial charge in [0.2, 0.25) is 5.91 Å². The molecule has 1 amide bonds. The van der Waals surface area contributed by atoms with Crippen LogP contribution in [-0.4, -0.2) is 19.1 Å². The molecule has 19 heavy (non-hydrogen) atoms. The number of nitrogens with one attached hydrogen (secondary N) is 1. The van der Waals surface area contributed by atoms with Crippen molar-refractivity contribution in [3.63, 3.8) is 0 Å². The van der Waals surface area contributed by atoms with Gasteiger partial charge in [0, 0.05) is 13.5 Å². The Bertz CT molecular complexity index is 396. The van der Waals surface area contributed by atoms with E-state index in [-0.39, 0.29) is 5.91 Å². The molecular formula is C16H23NO2. The molecule has 0 aliphatic rings. The number of ether oxygens (including phenoxy) is 1. The van der Waals surface area contributed by atoms with Crippen molar-refractivity contribution in [3.8, 4) is 5.75 Å². The maximum Gasteiger partial charge on any atom is 0.217 e. The van der Waals surface area contributed by atoms with E-state index in [1.54, 1.807) is 0 Å². The average molecular weight is 261 g/mol. The minimum absolute atomic E-state index is 0.0134. The summed E-state index contributed by atoms with van der Waals surface area (Å²) in [7, 11) is 0. The van der Waals surface area contributed by atoms with E-state index in [0.29, 0.717) is 6.54 Å². The predicted molar refractivity (Wildman–Crippen MR) is 79.2 cm³/mol. The number of carbonyl (C=O) groups excluding carboxylic acids is 1. The van der Waals surface area contributed by atoms with Gasteiger partial charge in [-0.1, -0.05) is 44.1 Å². The van der Waals surface area contributed by atoms with Gasteiger partial charge in [0.05, 0.1) is 6.61 Å². The summed E-state index contributed by atoms with van der Waals surface area (Å²) in [5.74, 6) is 0.899. The molecular weight excluding hydrogens is 238 g/mol. The van der Waals surface area contributed by atoms with Gasteiger partial charge in [0.15, 0.2) is 0 Å². The van der Waals surface area contributed by atoms with Gasteiger partial charge >= 0.3 is 0 Å². The molecule has 3 heteroatoms. The second-order valence-corrected chi connectivity index (χ2v) is 4.46. The van der Waals surface area contributed by atoms with Gasteiger partial charge in [0.25, 0.3) is 0 Å². The zero-order valence-electron chi connectivity index (χ0n) is 11.8. The molecule has 0 spiro atoms. The van der Waals surface area contributed by atoms with Crippen molar-refractivity contribution >= 4 is 12.0 Å². The van der Waals surface area contributed by atoms with Crippen molar-refractivity contribution < 1.29 is 9.53 Å². The first-order valence-corrected chi connectivity index (χ1v) is 6.86. The Morgan fingerprint density at radius 1 is 1.26 bits per heavy atom. The van der Waals surface area contributed by atoms with Crippen molar-refractivity contribution in [2.75, 3.05) is 13.2 Å². The van der Waals surface area contributed by atoms with E-state index < -0.39 is 0 Å². The topological polar surface area (TPSA) is 38.3 Å². The largest absolute Gasteiger partial charge is 0.494 e. The zero-order chi connectivity index (χ0) is 13.9. The highest BCUT2D eigenvalue weighted by Gasteiger charge is 1.93. The molecule has 3 nitrogen and oxygen atoms in total. The van der Waals surface area contributed by atoms with Crippen LogP contribution in [0.4, 0.5) is 0 Å². The number of hydrogen-bond acceptors (Lipinski definition) is 2. The molecule has 0 atom stereocenters. The van der Waals surface area contributed by atoms with Crippen LogP contribution in [0, 0.1) is 0 Å². The van der Waals surface area contributed by atoms with Gasteiger partial charge in [-0.15, -0.1) is 0 Å². The van der Waals surface area contributed by atoms with E-state index in [4.69, 9.17) is 4.74 Å². The quantitative estimate of drug-likeness (QED) is 0.728. The van der Waals surface area contributed by atoms with Crippen molar-refractivity contribution in [2.24, 2.45) is 0 Å². The SMILES string of the molecule is CCCCCOc1ccc(C=CCNC(C)=O)cc1. The number of benzene rings is 1. The summed E-state index contributed by atoms with van der Waals surface area (Å²) in [6, 6.07) is 7.98. The van der Waals surface area contributed by atoms with Crippen LogP contribution in [-0.2, 0) is 4.79 Å². The lowest BCUT2D eigenvalue weighted by Gasteiger charge is -2.05. The molecule has 1 N–H and O–H groups in total. The molecule has 1 aromatic carbocycles. The third kappa shape index (κ3) is 7.29. The number of rotatable bonds is 8. The average Bonchev–Trinajstić information content (AvgIpc) is 2.41. The summed E-state index contributed by atoms with van der Waals surface area (Å²) >= 11 is 0. The fourth-order valence-corrected chi connectivity index (χ4v) is 1.61. The second kappa shape index (κ2) is 9.20. The van der Waals surface area contributed by atoms with Crippen LogP contribution in [0.25, 0.3) is 6.08 Å². The van der Waals surface area contributed by atoms with Crippen LogP contribution in [0.2, 0.25) is 0 Å². The Kier molecular flexibility index (Phi) is 7.40. The Labute approximate surface area is 115 Å². The minimum atomic E-state index is -0.0134. The first kappa shape index (κ1) is 15.3. The molecule has 1 rings (SSSR count). The number of unbranched alkanes of at least 4 members (excludes halogenated alkanes) is 2. The lowest BCUT2D eigenvalue weighted by Crippen LogP contribution is -2.19. The lowest BCUT2D eigenvalue weighted by molar-refractivity contribution is -0.118. The molecule has 1 aromatic rings. The summed E-state index contributed by atoms with van der Waals surface area (Å²) in [6.07, 6.45) is 7.44. The molecule has 0 aromatic heterocycles. The molecule has 0 saturated carbocycles. The molecule has 0 unspecified atom stereocenters. The van der Waals surface area contributed by atoms with Gasteiger partial charge in [-0.05, 0) is 24.1 Å². The van der Waals surface area contributed by atoms with Crippen LogP contribution in [0.5, 0.6) is 5.75 Å². The Balaban J connectivity index is 2.32. The lowest BCUT2D eigenvalue weighted by atomic mass is 10.2. The van der Waals surface area contributed by atoms with E-state index in [9.17, 15) is 4.79 Å². The second-order valence-electron chi connectivity index (χ2n) is 4.46. The van der Waals surface area contributed by atoms with Crippen LogP contribution in [0.15, 0.2) is 30.3 Å². The summed E-state index contributed by atoms with van der Waals surface area (Å²) in [5.41, 5.74) is 1.10. The molecule has 0 bridgehead atoms. The molecule has 0 radical (unpaired) electrons. The van der Waals surface area contributed by atoms with Gasteiger partial charge in [0.1, 0.15) is 5.75 Å². The fraction of sp³-hybridized carbons (Fsp3) is 0.438. The maximum absolute atomic E-state index is 10.7. The minimum Gasteiger partial charge on any atom is -0.494 e. The first-order valence-electron chi connectivity index (χ1n) is 6.86. The zero-order valence-corrected chi connectivity index (χ0v) is 11.8. The molecule has 0 fully saturated rings. The molecule has 104 valence electrons. The predicted octanol–water partition coefficient (Wildman–Crippen LogP) is 3.40. The van der Waals surface area contributed by atoms with Crippen LogP contribution in [0.3, 0.4) is 0 Å². The molecule has 0 saturated heterocycles. The molecule has 0 heterocycles. The van der Waals surface area contributed by atoms with Crippen molar-refractivity contribution in [1.82, 2.24) is 5.32 Å². The van der Waals surface area contributed by atoms with Crippen molar-refractivity contribution in [2.45, 2.75) is 33.1 Å². The van der Waals surface area contributed by atoms with Crippen molar-refractivity contribution in [1.29, 1.82) is 0 Å². The standard InChI is InChI=1S/C16H23NO2/c1-3-4-5-13-19-16-10-8-15(9-11-16)7-6-12-17-14(2)18/h6-11H,3-5,12-13H2,1-2H3,(H,17,18). The first-order chi connectivity index (χ1) is 9.22. The van der Waals surface area contributed by atoms with E-state index >= 15 is 0 Å². The highest BCUT2D eigenvalue weighted by atomic mass is 16.5. The van der Waals surface area contributed by atoms with Crippen LogP contribution < -0.4 is 10.1 Å².